The second-order valence-electron chi connectivity index (χ2n) is 4.97. The summed E-state index contributed by atoms with van der Waals surface area (Å²) < 4.78 is 0. The first-order chi connectivity index (χ1) is 8.85. The molecule has 1 aromatic rings. The summed E-state index contributed by atoms with van der Waals surface area (Å²) >= 11 is 1.95. The zero-order valence-corrected chi connectivity index (χ0v) is 11.7. The molecule has 1 heterocycles. The molecule has 18 heavy (non-hydrogen) atoms. The van der Waals surface area contributed by atoms with Crippen LogP contribution in [0.5, 0.6) is 0 Å². The van der Waals surface area contributed by atoms with Crippen LogP contribution in [0, 0.1) is 12.3 Å². The second kappa shape index (κ2) is 6.94. The summed E-state index contributed by atoms with van der Waals surface area (Å²) in [7, 11) is 0. The van der Waals surface area contributed by atoms with Crippen molar-refractivity contribution in [3.8, 4) is 12.3 Å². The van der Waals surface area contributed by atoms with Crippen LogP contribution in [-0.4, -0.2) is 0 Å². The molecule has 1 aromatic heterocycles. The molecular weight excluding hydrogens is 240 g/mol. The van der Waals surface area contributed by atoms with Crippen LogP contribution in [0.15, 0.2) is 6.07 Å². The minimum absolute atomic E-state index is 0.273. The van der Waals surface area contributed by atoms with E-state index in [4.69, 9.17) is 12.3 Å². The van der Waals surface area contributed by atoms with Crippen molar-refractivity contribution >= 4 is 11.3 Å². The van der Waals surface area contributed by atoms with E-state index in [0.717, 1.165) is 19.3 Å². The quantitative estimate of drug-likeness (QED) is 0.281. The standard InChI is InChI=1S/C15H22N2S/c1-2-3-5-9-13(17-16)15-11-12-8-6-4-7-10-14(12)18-15/h1,11,13,17H,3-10,16H2. The van der Waals surface area contributed by atoms with E-state index in [-0.39, 0.29) is 6.04 Å². The predicted octanol–water partition coefficient (Wildman–Crippen LogP) is 3.32. The molecule has 0 bridgehead atoms. The van der Waals surface area contributed by atoms with E-state index in [1.807, 2.05) is 11.3 Å². The van der Waals surface area contributed by atoms with Crippen LogP contribution in [0.2, 0.25) is 0 Å². The average molecular weight is 262 g/mol. The maximum atomic E-state index is 5.68. The number of fused-ring (bicyclic) bond motifs is 1. The molecule has 1 aliphatic rings. The molecule has 0 saturated heterocycles. The number of nitrogens with two attached hydrogens (primary N) is 1. The van der Waals surface area contributed by atoms with E-state index in [0.29, 0.717) is 0 Å². The van der Waals surface area contributed by atoms with Crippen LogP contribution in [0.25, 0.3) is 0 Å². The first kappa shape index (κ1) is 13.6. The monoisotopic (exact) mass is 262 g/mol. The number of thiophene rings is 1. The third-order valence-corrected chi connectivity index (χ3v) is 4.97. The molecule has 3 heteroatoms. The smallest absolute Gasteiger partial charge is 0.0553 e. The first-order valence-corrected chi connectivity index (χ1v) is 7.68. The number of unbranched alkanes of at least 4 members (excludes halogenated alkanes) is 1. The van der Waals surface area contributed by atoms with Gasteiger partial charge >= 0.3 is 0 Å². The van der Waals surface area contributed by atoms with Crippen molar-refractivity contribution in [3.05, 3.63) is 21.4 Å². The molecular formula is C15H22N2S. The van der Waals surface area contributed by atoms with Gasteiger partial charge in [-0.3, -0.25) is 11.3 Å². The lowest BCUT2D eigenvalue weighted by Gasteiger charge is -2.13. The number of terminal acetylenes is 1. The Morgan fingerprint density at radius 2 is 2.22 bits per heavy atom. The molecule has 3 N–H and O–H groups in total. The Bertz CT molecular complexity index is 393. The topological polar surface area (TPSA) is 38.0 Å². The summed E-state index contributed by atoms with van der Waals surface area (Å²) in [5.41, 5.74) is 4.50. The average Bonchev–Trinajstić information content (AvgIpc) is 2.66. The van der Waals surface area contributed by atoms with E-state index in [1.54, 1.807) is 10.4 Å². The van der Waals surface area contributed by atoms with Gasteiger partial charge in [0.1, 0.15) is 0 Å². The van der Waals surface area contributed by atoms with Gasteiger partial charge < -0.3 is 0 Å². The Balaban J connectivity index is 2.04. The van der Waals surface area contributed by atoms with Gasteiger partial charge in [0.05, 0.1) is 6.04 Å². The maximum absolute atomic E-state index is 5.68. The number of hydrogen-bond acceptors (Lipinski definition) is 3. The largest absolute Gasteiger partial charge is 0.271 e. The summed E-state index contributed by atoms with van der Waals surface area (Å²) in [5.74, 6) is 8.37. The zero-order chi connectivity index (χ0) is 12.8. The third-order valence-electron chi connectivity index (χ3n) is 3.62. The molecule has 0 radical (unpaired) electrons. The van der Waals surface area contributed by atoms with Gasteiger partial charge in [-0.25, -0.2) is 0 Å². The van der Waals surface area contributed by atoms with Gasteiger partial charge in [0.2, 0.25) is 0 Å². The summed E-state index contributed by atoms with van der Waals surface area (Å²) in [5, 5.41) is 0. The van der Waals surface area contributed by atoms with Gasteiger partial charge in [-0.15, -0.1) is 23.7 Å². The summed E-state index contributed by atoms with van der Waals surface area (Å²) in [6, 6.07) is 2.64. The highest BCUT2D eigenvalue weighted by atomic mass is 32.1. The molecule has 1 unspecified atom stereocenters. The van der Waals surface area contributed by atoms with Crippen LogP contribution >= 0.6 is 11.3 Å². The summed E-state index contributed by atoms with van der Waals surface area (Å²) in [6.07, 6.45) is 14.7. The predicted molar refractivity (Wildman–Crippen MR) is 78.3 cm³/mol. The van der Waals surface area contributed by atoms with E-state index in [1.165, 1.54) is 37.0 Å². The first-order valence-electron chi connectivity index (χ1n) is 6.86. The molecule has 2 rings (SSSR count). The molecule has 0 amide bonds. The molecule has 0 fully saturated rings. The van der Waals surface area contributed by atoms with Crippen molar-refractivity contribution in [2.24, 2.45) is 5.84 Å². The number of hydrogen-bond donors (Lipinski definition) is 2. The number of hydrazine groups is 1. The van der Waals surface area contributed by atoms with Crippen LogP contribution in [0.1, 0.15) is 59.9 Å². The van der Waals surface area contributed by atoms with E-state index < -0.39 is 0 Å². The lowest BCUT2D eigenvalue weighted by molar-refractivity contribution is 0.509. The molecule has 0 spiro atoms. The van der Waals surface area contributed by atoms with Crippen molar-refractivity contribution in [3.63, 3.8) is 0 Å². The van der Waals surface area contributed by atoms with Gasteiger partial charge in [0, 0.05) is 16.2 Å². The minimum Gasteiger partial charge on any atom is -0.271 e. The highest BCUT2D eigenvalue weighted by Crippen LogP contribution is 2.33. The van der Waals surface area contributed by atoms with Gasteiger partial charge in [-0.2, -0.15) is 0 Å². The normalized spacial score (nSPS) is 16.7. The van der Waals surface area contributed by atoms with Crippen LogP contribution in [-0.2, 0) is 12.8 Å². The Morgan fingerprint density at radius 1 is 1.39 bits per heavy atom. The van der Waals surface area contributed by atoms with Crippen molar-refractivity contribution < 1.29 is 0 Å². The lowest BCUT2D eigenvalue weighted by atomic mass is 10.1. The van der Waals surface area contributed by atoms with Gasteiger partial charge in [0.15, 0.2) is 0 Å². The molecule has 98 valence electrons. The van der Waals surface area contributed by atoms with Gasteiger partial charge in [0.25, 0.3) is 0 Å². The fourth-order valence-corrected chi connectivity index (χ4v) is 3.93. The van der Waals surface area contributed by atoms with Crippen LogP contribution < -0.4 is 11.3 Å². The number of rotatable bonds is 5. The fraction of sp³-hybridized carbons (Fsp3) is 0.600. The van der Waals surface area contributed by atoms with E-state index in [2.05, 4.69) is 17.4 Å². The molecule has 0 saturated carbocycles. The highest BCUT2D eigenvalue weighted by Gasteiger charge is 2.17. The highest BCUT2D eigenvalue weighted by molar-refractivity contribution is 7.12. The number of aryl methyl sites for hydroxylation is 2. The number of nitrogens with one attached hydrogen (secondary N) is 1. The SMILES string of the molecule is C#CCCCC(NN)c1cc2c(s1)CCCCC2. The second-order valence-corrected chi connectivity index (χ2v) is 6.14. The Hall–Kier alpha value is -0.820. The Labute approximate surface area is 114 Å². The fourth-order valence-electron chi connectivity index (χ4n) is 2.58. The zero-order valence-electron chi connectivity index (χ0n) is 10.9. The third kappa shape index (κ3) is 3.35. The molecule has 1 aliphatic carbocycles. The van der Waals surface area contributed by atoms with Crippen molar-refractivity contribution in [2.45, 2.75) is 57.4 Å². The maximum Gasteiger partial charge on any atom is 0.0553 e. The summed E-state index contributed by atoms with van der Waals surface area (Å²) in [6.45, 7) is 0. The van der Waals surface area contributed by atoms with Gasteiger partial charge in [-0.1, -0.05) is 6.42 Å². The van der Waals surface area contributed by atoms with Gasteiger partial charge in [-0.05, 0) is 50.2 Å². The van der Waals surface area contributed by atoms with Crippen molar-refractivity contribution in [2.75, 3.05) is 0 Å². The minimum atomic E-state index is 0.273. The summed E-state index contributed by atoms with van der Waals surface area (Å²) in [4.78, 5) is 2.97. The molecule has 1 atom stereocenters. The molecule has 0 aromatic carbocycles. The lowest BCUT2D eigenvalue weighted by Crippen LogP contribution is -2.27. The van der Waals surface area contributed by atoms with E-state index in [9.17, 15) is 0 Å². The van der Waals surface area contributed by atoms with Crippen LogP contribution in [0.3, 0.4) is 0 Å². The Kier molecular flexibility index (Phi) is 5.25. The van der Waals surface area contributed by atoms with Crippen LogP contribution in [0.4, 0.5) is 0 Å². The van der Waals surface area contributed by atoms with E-state index >= 15 is 0 Å². The van der Waals surface area contributed by atoms with Crippen molar-refractivity contribution in [1.29, 1.82) is 0 Å². The molecule has 2 nitrogen and oxygen atoms in total. The molecule has 0 aliphatic heterocycles. The Morgan fingerprint density at radius 3 is 3.00 bits per heavy atom. The van der Waals surface area contributed by atoms with Crippen molar-refractivity contribution in [1.82, 2.24) is 5.43 Å².